The van der Waals surface area contributed by atoms with Crippen molar-refractivity contribution in [2.24, 2.45) is 5.41 Å². The van der Waals surface area contributed by atoms with E-state index in [0.29, 0.717) is 6.54 Å². The van der Waals surface area contributed by atoms with E-state index >= 15 is 0 Å². The standard InChI is InChI=1S/C13H23N5O/c1-9(2)10-16-11(18-17-10)12(19)15-8-13(3)4-6-14-7-5-13/h9,14H,4-8H2,1-3H3,(H,15,19)(H,16,17,18). The summed E-state index contributed by atoms with van der Waals surface area (Å²) >= 11 is 0. The first-order chi connectivity index (χ1) is 9.00. The molecule has 0 radical (unpaired) electrons. The van der Waals surface area contributed by atoms with Gasteiger partial charge in [0.05, 0.1) is 0 Å². The second-order valence-electron chi connectivity index (χ2n) is 5.94. The highest BCUT2D eigenvalue weighted by molar-refractivity contribution is 5.90. The molecule has 6 nitrogen and oxygen atoms in total. The van der Waals surface area contributed by atoms with Gasteiger partial charge in [0.15, 0.2) is 0 Å². The number of nitrogens with one attached hydrogen (secondary N) is 3. The molecule has 0 saturated carbocycles. The third kappa shape index (κ3) is 3.53. The molecule has 6 heteroatoms. The third-order valence-corrected chi connectivity index (χ3v) is 3.74. The van der Waals surface area contributed by atoms with Gasteiger partial charge in [-0.15, -0.1) is 5.10 Å². The monoisotopic (exact) mass is 265 g/mol. The second kappa shape index (κ2) is 5.69. The molecule has 0 bridgehead atoms. The van der Waals surface area contributed by atoms with Crippen LogP contribution in [-0.2, 0) is 0 Å². The molecule has 3 N–H and O–H groups in total. The number of amides is 1. The Labute approximate surface area is 113 Å². The summed E-state index contributed by atoms with van der Waals surface area (Å²) in [4.78, 5) is 16.2. The molecular formula is C13H23N5O. The molecule has 2 heterocycles. The average molecular weight is 265 g/mol. The van der Waals surface area contributed by atoms with E-state index < -0.39 is 0 Å². The molecule has 0 spiro atoms. The molecule has 1 aliphatic rings. The Kier molecular flexibility index (Phi) is 4.19. The summed E-state index contributed by atoms with van der Waals surface area (Å²) in [6.07, 6.45) is 2.16. The third-order valence-electron chi connectivity index (χ3n) is 3.74. The van der Waals surface area contributed by atoms with Crippen molar-refractivity contribution in [3.05, 3.63) is 11.6 Å². The average Bonchev–Trinajstić information content (AvgIpc) is 2.87. The predicted octanol–water partition coefficient (Wildman–Crippen LogP) is 1.05. The van der Waals surface area contributed by atoms with Crippen molar-refractivity contribution < 1.29 is 4.79 Å². The highest BCUT2D eigenvalue weighted by Crippen LogP contribution is 2.26. The van der Waals surface area contributed by atoms with Crippen LogP contribution in [-0.4, -0.2) is 40.7 Å². The molecule has 1 aromatic rings. The summed E-state index contributed by atoms with van der Waals surface area (Å²) in [6, 6.07) is 0. The Morgan fingerprint density at radius 2 is 2.11 bits per heavy atom. The molecule has 106 valence electrons. The van der Waals surface area contributed by atoms with E-state index in [1.54, 1.807) is 0 Å². The number of nitrogens with zero attached hydrogens (tertiary/aromatic N) is 2. The zero-order valence-electron chi connectivity index (χ0n) is 11.9. The molecular weight excluding hydrogens is 242 g/mol. The summed E-state index contributed by atoms with van der Waals surface area (Å²) in [7, 11) is 0. The minimum atomic E-state index is -0.192. The quantitative estimate of drug-likeness (QED) is 0.760. The molecule has 2 rings (SSSR count). The Morgan fingerprint density at radius 3 is 2.68 bits per heavy atom. The first kappa shape index (κ1) is 14.0. The van der Waals surface area contributed by atoms with Gasteiger partial charge >= 0.3 is 0 Å². The maximum Gasteiger partial charge on any atom is 0.290 e. The first-order valence-corrected chi connectivity index (χ1v) is 6.91. The van der Waals surface area contributed by atoms with E-state index in [0.717, 1.165) is 31.8 Å². The molecule has 19 heavy (non-hydrogen) atoms. The van der Waals surface area contributed by atoms with Gasteiger partial charge in [0, 0.05) is 12.5 Å². The number of carbonyl (C=O) groups excluding carboxylic acids is 1. The molecule has 0 aliphatic carbocycles. The number of hydrogen-bond acceptors (Lipinski definition) is 4. The first-order valence-electron chi connectivity index (χ1n) is 6.91. The van der Waals surface area contributed by atoms with Crippen molar-refractivity contribution in [2.75, 3.05) is 19.6 Å². The van der Waals surface area contributed by atoms with Crippen LogP contribution in [0.15, 0.2) is 0 Å². The van der Waals surface area contributed by atoms with Crippen molar-refractivity contribution >= 4 is 5.91 Å². The highest BCUT2D eigenvalue weighted by atomic mass is 16.2. The Bertz CT molecular complexity index is 434. The van der Waals surface area contributed by atoms with Gasteiger partial charge in [-0.25, -0.2) is 4.98 Å². The van der Waals surface area contributed by atoms with Gasteiger partial charge in [-0.1, -0.05) is 20.8 Å². The van der Waals surface area contributed by atoms with E-state index in [4.69, 9.17) is 0 Å². The number of aromatic nitrogens is 3. The minimum absolute atomic E-state index is 0.179. The smallest absolute Gasteiger partial charge is 0.290 e. The molecule has 1 aromatic heterocycles. The lowest BCUT2D eigenvalue weighted by Gasteiger charge is -2.33. The molecule has 1 aliphatic heterocycles. The fraction of sp³-hybridized carbons (Fsp3) is 0.769. The number of carbonyl (C=O) groups is 1. The lowest BCUT2D eigenvalue weighted by Crippen LogP contribution is -2.43. The maximum absolute atomic E-state index is 12.0. The van der Waals surface area contributed by atoms with Crippen molar-refractivity contribution in [1.29, 1.82) is 0 Å². The second-order valence-corrected chi connectivity index (χ2v) is 5.94. The minimum Gasteiger partial charge on any atom is -0.349 e. The van der Waals surface area contributed by atoms with Gasteiger partial charge in [0.1, 0.15) is 5.82 Å². The van der Waals surface area contributed by atoms with E-state index in [9.17, 15) is 4.79 Å². The molecule has 0 unspecified atom stereocenters. The maximum atomic E-state index is 12.0. The molecule has 0 atom stereocenters. The lowest BCUT2D eigenvalue weighted by molar-refractivity contribution is 0.0912. The van der Waals surface area contributed by atoms with Gasteiger partial charge in [0.2, 0.25) is 5.82 Å². The largest absolute Gasteiger partial charge is 0.349 e. The van der Waals surface area contributed by atoms with Crippen LogP contribution in [0.25, 0.3) is 0 Å². The van der Waals surface area contributed by atoms with Crippen LogP contribution in [0.4, 0.5) is 0 Å². The van der Waals surface area contributed by atoms with Crippen LogP contribution in [0, 0.1) is 5.41 Å². The normalized spacial score (nSPS) is 18.5. The predicted molar refractivity (Wildman–Crippen MR) is 73.0 cm³/mol. The fourth-order valence-corrected chi connectivity index (χ4v) is 2.21. The highest BCUT2D eigenvalue weighted by Gasteiger charge is 2.27. The zero-order valence-corrected chi connectivity index (χ0v) is 11.9. The Morgan fingerprint density at radius 1 is 1.42 bits per heavy atom. The van der Waals surface area contributed by atoms with Gasteiger partial charge in [-0.3, -0.25) is 9.89 Å². The van der Waals surface area contributed by atoms with Gasteiger partial charge in [0.25, 0.3) is 5.91 Å². The molecule has 1 amide bonds. The van der Waals surface area contributed by atoms with E-state index in [1.165, 1.54) is 0 Å². The van der Waals surface area contributed by atoms with Crippen LogP contribution in [0.5, 0.6) is 0 Å². The van der Waals surface area contributed by atoms with Crippen molar-refractivity contribution in [3.8, 4) is 0 Å². The molecule has 0 aromatic carbocycles. The van der Waals surface area contributed by atoms with E-state index in [1.807, 2.05) is 13.8 Å². The van der Waals surface area contributed by atoms with Crippen LogP contribution in [0.3, 0.4) is 0 Å². The Balaban J connectivity index is 1.89. The number of hydrogen-bond donors (Lipinski definition) is 3. The van der Waals surface area contributed by atoms with E-state index in [-0.39, 0.29) is 23.1 Å². The lowest BCUT2D eigenvalue weighted by atomic mass is 9.81. The van der Waals surface area contributed by atoms with Gasteiger partial charge in [-0.05, 0) is 31.3 Å². The van der Waals surface area contributed by atoms with Gasteiger partial charge < -0.3 is 10.6 Å². The fourth-order valence-electron chi connectivity index (χ4n) is 2.21. The SMILES string of the molecule is CC(C)c1nc(C(=O)NCC2(C)CCNCC2)n[nH]1. The topological polar surface area (TPSA) is 82.7 Å². The summed E-state index contributed by atoms with van der Waals surface area (Å²) in [5.41, 5.74) is 0.179. The van der Waals surface area contributed by atoms with Crippen molar-refractivity contribution in [1.82, 2.24) is 25.8 Å². The summed E-state index contributed by atoms with van der Waals surface area (Å²) in [6.45, 7) is 8.95. The van der Waals surface area contributed by atoms with Crippen LogP contribution >= 0.6 is 0 Å². The van der Waals surface area contributed by atoms with Crippen LogP contribution in [0.1, 0.15) is 56.0 Å². The number of rotatable bonds is 4. The Hall–Kier alpha value is -1.43. The summed E-state index contributed by atoms with van der Waals surface area (Å²) < 4.78 is 0. The van der Waals surface area contributed by atoms with Gasteiger partial charge in [-0.2, -0.15) is 0 Å². The van der Waals surface area contributed by atoms with Crippen LogP contribution < -0.4 is 10.6 Å². The molecule has 1 fully saturated rings. The summed E-state index contributed by atoms with van der Waals surface area (Å²) in [5, 5.41) is 13.0. The zero-order chi connectivity index (χ0) is 13.9. The number of piperidine rings is 1. The number of H-pyrrole nitrogens is 1. The van der Waals surface area contributed by atoms with Crippen molar-refractivity contribution in [3.63, 3.8) is 0 Å². The summed E-state index contributed by atoms with van der Waals surface area (Å²) in [5.74, 6) is 1.04. The molecule has 1 saturated heterocycles. The van der Waals surface area contributed by atoms with E-state index in [2.05, 4.69) is 32.7 Å². The van der Waals surface area contributed by atoms with Crippen LogP contribution in [0.2, 0.25) is 0 Å². The van der Waals surface area contributed by atoms with Crippen molar-refractivity contribution in [2.45, 2.75) is 39.5 Å². The number of aromatic amines is 1.